The topological polar surface area (TPSA) is 29.5 Å². The van der Waals surface area contributed by atoms with Crippen LogP contribution in [-0.4, -0.2) is 23.6 Å². The van der Waals surface area contributed by atoms with E-state index < -0.39 is 0 Å². The first-order valence-electron chi connectivity index (χ1n) is 12.1. The van der Waals surface area contributed by atoms with Gasteiger partial charge in [0, 0.05) is 12.0 Å². The molecule has 0 saturated carbocycles. The van der Waals surface area contributed by atoms with Gasteiger partial charge >= 0.3 is 6.09 Å². The molecule has 3 aromatic carbocycles. The number of allylic oxidation sites excluding steroid dienone is 1. The van der Waals surface area contributed by atoms with Crippen LogP contribution in [0.3, 0.4) is 0 Å². The second-order valence-electron chi connectivity index (χ2n) is 10.4. The smallest absolute Gasteiger partial charge is 0.410 e. The summed E-state index contributed by atoms with van der Waals surface area (Å²) in [6.07, 6.45) is 2.83. The first-order valence-corrected chi connectivity index (χ1v) is 12.1. The highest BCUT2D eigenvalue weighted by molar-refractivity contribution is 5.70. The van der Waals surface area contributed by atoms with E-state index in [1.807, 2.05) is 47.4 Å². The van der Waals surface area contributed by atoms with Crippen molar-refractivity contribution in [3.8, 4) is 0 Å². The van der Waals surface area contributed by atoms with E-state index in [9.17, 15) is 4.79 Å². The van der Waals surface area contributed by atoms with Gasteiger partial charge in [0.05, 0.1) is 6.04 Å². The Morgan fingerprint density at radius 3 is 1.91 bits per heavy atom. The molecule has 1 heterocycles. The highest BCUT2D eigenvalue weighted by Gasteiger charge is 2.48. The lowest BCUT2D eigenvalue weighted by Gasteiger charge is -2.30. The molecule has 0 bridgehead atoms. The average molecular weight is 454 g/mol. The maximum Gasteiger partial charge on any atom is 0.410 e. The van der Waals surface area contributed by atoms with E-state index in [4.69, 9.17) is 4.74 Å². The molecule has 1 aliphatic heterocycles. The molecule has 176 valence electrons. The summed E-state index contributed by atoms with van der Waals surface area (Å²) in [5, 5.41) is 0. The molecule has 34 heavy (non-hydrogen) atoms. The van der Waals surface area contributed by atoms with Crippen LogP contribution in [0.25, 0.3) is 0 Å². The average Bonchev–Trinajstić information content (AvgIpc) is 3.24. The van der Waals surface area contributed by atoms with Crippen LogP contribution in [0.1, 0.15) is 50.8 Å². The summed E-state index contributed by atoms with van der Waals surface area (Å²) < 4.78 is 5.83. The summed E-state index contributed by atoms with van der Waals surface area (Å²) in [5.41, 5.74) is 4.45. The van der Waals surface area contributed by atoms with Crippen LogP contribution < -0.4 is 0 Å². The van der Waals surface area contributed by atoms with E-state index in [-0.39, 0.29) is 29.6 Å². The fraction of sp³-hybridized carbons (Fsp3) is 0.323. The number of amides is 1. The van der Waals surface area contributed by atoms with E-state index in [0.29, 0.717) is 6.54 Å². The highest BCUT2D eigenvalue weighted by atomic mass is 16.6. The van der Waals surface area contributed by atoms with Crippen molar-refractivity contribution in [3.63, 3.8) is 0 Å². The van der Waals surface area contributed by atoms with Crippen LogP contribution in [0.15, 0.2) is 103 Å². The third kappa shape index (κ3) is 5.09. The number of hydrogen-bond donors (Lipinski definition) is 0. The van der Waals surface area contributed by atoms with Gasteiger partial charge in [-0.25, -0.2) is 4.79 Å². The van der Waals surface area contributed by atoms with Crippen molar-refractivity contribution in [3.05, 3.63) is 119 Å². The van der Waals surface area contributed by atoms with Crippen LogP contribution >= 0.6 is 0 Å². The fourth-order valence-electron chi connectivity index (χ4n) is 4.73. The van der Waals surface area contributed by atoms with E-state index in [2.05, 4.69) is 82.3 Å². The van der Waals surface area contributed by atoms with Gasteiger partial charge in [-0.15, -0.1) is 0 Å². The summed E-state index contributed by atoms with van der Waals surface area (Å²) in [6.45, 7) is 9.66. The fourth-order valence-corrected chi connectivity index (χ4v) is 4.73. The molecule has 0 radical (unpaired) electrons. The number of rotatable bonds is 5. The van der Waals surface area contributed by atoms with E-state index in [0.717, 1.165) is 12.0 Å². The lowest BCUT2D eigenvalue weighted by Crippen LogP contribution is -2.38. The van der Waals surface area contributed by atoms with Gasteiger partial charge in [0.15, 0.2) is 0 Å². The predicted molar refractivity (Wildman–Crippen MR) is 139 cm³/mol. The van der Waals surface area contributed by atoms with Gasteiger partial charge in [0.1, 0.15) is 6.61 Å². The van der Waals surface area contributed by atoms with E-state index in [1.165, 1.54) is 16.7 Å². The van der Waals surface area contributed by atoms with Gasteiger partial charge in [0.25, 0.3) is 0 Å². The Labute approximate surface area is 204 Å². The quantitative estimate of drug-likeness (QED) is 0.377. The Balaban J connectivity index is 1.72. The van der Waals surface area contributed by atoms with E-state index >= 15 is 0 Å². The Bertz CT molecular complexity index is 1070. The molecule has 4 rings (SSSR count). The summed E-state index contributed by atoms with van der Waals surface area (Å²) >= 11 is 0. The minimum Gasteiger partial charge on any atom is -0.445 e. The number of ether oxygens (including phenoxy) is 1. The zero-order chi connectivity index (χ0) is 24.2. The van der Waals surface area contributed by atoms with Gasteiger partial charge in [-0.05, 0) is 35.4 Å². The van der Waals surface area contributed by atoms with Crippen LogP contribution in [0.2, 0.25) is 0 Å². The molecule has 0 unspecified atom stereocenters. The van der Waals surface area contributed by atoms with Crippen LogP contribution in [-0.2, 0) is 16.8 Å². The van der Waals surface area contributed by atoms with Crippen molar-refractivity contribution in [2.24, 2.45) is 5.41 Å². The first kappa shape index (κ1) is 23.8. The lowest BCUT2D eigenvalue weighted by atomic mass is 9.72. The Morgan fingerprint density at radius 2 is 1.41 bits per heavy atom. The van der Waals surface area contributed by atoms with Crippen molar-refractivity contribution >= 4 is 6.09 Å². The van der Waals surface area contributed by atoms with Crippen LogP contribution in [0.5, 0.6) is 0 Å². The van der Waals surface area contributed by atoms with E-state index in [1.54, 1.807) is 0 Å². The SMILES string of the molecule is C/C(=C\[C@H]1CC(c2ccccc2)(c2ccccc2)CN1C(=O)OCc1ccccc1)C(C)(C)C. The molecule has 3 nitrogen and oxygen atoms in total. The Morgan fingerprint density at radius 1 is 0.912 bits per heavy atom. The summed E-state index contributed by atoms with van der Waals surface area (Å²) in [5.74, 6) is 0. The van der Waals surface area contributed by atoms with Crippen molar-refractivity contribution in [2.75, 3.05) is 6.54 Å². The number of hydrogen-bond acceptors (Lipinski definition) is 2. The molecule has 3 aromatic rings. The molecule has 1 amide bonds. The lowest BCUT2D eigenvalue weighted by molar-refractivity contribution is 0.0961. The Kier molecular flexibility index (Phi) is 6.92. The minimum atomic E-state index is -0.298. The third-order valence-corrected chi connectivity index (χ3v) is 7.12. The zero-order valence-electron chi connectivity index (χ0n) is 20.7. The molecule has 1 saturated heterocycles. The van der Waals surface area contributed by atoms with Crippen LogP contribution in [0, 0.1) is 5.41 Å². The number of benzene rings is 3. The summed E-state index contributed by atoms with van der Waals surface area (Å²) in [4.78, 5) is 15.4. The van der Waals surface area contributed by atoms with Gasteiger partial charge in [-0.3, -0.25) is 0 Å². The van der Waals surface area contributed by atoms with Gasteiger partial charge in [-0.2, -0.15) is 0 Å². The Hall–Kier alpha value is -3.33. The highest BCUT2D eigenvalue weighted by Crippen LogP contribution is 2.45. The molecule has 0 spiro atoms. The molecule has 0 aromatic heterocycles. The van der Waals surface area contributed by atoms with Crippen molar-refractivity contribution in [2.45, 2.75) is 52.2 Å². The van der Waals surface area contributed by atoms with Gasteiger partial charge < -0.3 is 9.64 Å². The predicted octanol–water partition coefficient (Wildman–Crippen LogP) is 7.38. The van der Waals surface area contributed by atoms with Gasteiger partial charge in [0.2, 0.25) is 0 Å². The van der Waals surface area contributed by atoms with Gasteiger partial charge in [-0.1, -0.05) is 123 Å². The molecule has 0 N–H and O–H groups in total. The largest absolute Gasteiger partial charge is 0.445 e. The number of carbonyl (C=O) groups excluding carboxylic acids is 1. The molecular weight excluding hydrogens is 418 g/mol. The monoisotopic (exact) mass is 453 g/mol. The number of carbonyl (C=O) groups is 1. The molecule has 1 fully saturated rings. The third-order valence-electron chi connectivity index (χ3n) is 7.12. The van der Waals surface area contributed by atoms with Crippen molar-refractivity contribution < 1.29 is 9.53 Å². The summed E-state index contributed by atoms with van der Waals surface area (Å²) in [6, 6.07) is 31.0. The maximum absolute atomic E-state index is 13.5. The zero-order valence-corrected chi connectivity index (χ0v) is 20.7. The van der Waals surface area contributed by atoms with Crippen molar-refractivity contribution in [1.82, 2.24) is 4.90 Å². The molecular formula is C31H35NO2. The molecule has 1 atom stereocenters. The molecule has 3 heteroatoms. The normalized spacial score (nSPS) is 18.1. The number of likely N-dealkylation sites (tertiary alicyclic amines) is 1. The van der Waals surface area contributed by atoms with Crippen molar-refractivity contribution in [1.29, 1.82) is 0 Å². The number of nitrogens with zero attached hydrogens (tertiary/aromatic N) is 1. The first-order chi connectivity index (χ1) is 16.3. The molecule has 1 aliphatic rings. The van der Waals surface area contributed by atoms with Crippen LogP contribution in [0.4, 0.5) is 4.79 Å². The molecule has 0 aliphatic carbocycles. The second kappa shape index (κ2) is 9.89. The maximum atomic E-state index is 13.5. The second-order valence-corrected chi connectivity index (χ2v) is 10.4. The minimum absolute atomic E-state index is 0.0321. The standard InChI is InChI=1S/C31H35NO2/c1-24(30(2,3)4)20-28-21-31(26-16-10-6-11-17-26,27-18-12-7-13-19-27)23-32(28)29(33)34-22-25-14-8-5-9-15-25/h5-20,28H,21-23H2,1-4H3/b24-20+/t28-/m0/s1. The summed E-state index contributed by atoms with van der Waals surface area (Å²) in [7, 11) is 0.